The van der Waals surface area contributed by atoms with E-state index in [0.717, 1.165) is 11.4 Å². The molecule has 3 amide bonds. The Labute approximate surface area is 169 Å². The molecule has 29 heavy (non-hydrogen) atoms. The minimum Gasteiger partial charge on any atom is -0.495 e. The fourth-order valence-electron chi connectivity index (χ4n) is 3.97. The van der Waals surface area contributed by atoms with Gasteiger partial charge in [0.25, 0.3) is 5.91 Å². The molecule has 4 rings (SSSR count). The molecule has 0 aliphatic carbocycles. The zero-order valence-electron chi connectivity index (χ0n) is 17.0. The van der Waals surface area contributed by atoms with E-state index in [1.165, 1.54) is 9.80 Å². The summed E-state index contributed by atoms with van der Waals surface area (Å²) >= 11 is 0. The van der Waals surface area contributed by atoms with Gasteiger partial charge in [0, 0.05) is 25.6 Å². The highest BCUT2D eigenvalue weighted by Crippen LogP contribution is 2.39. The number of benzene rings is 1. The average molecular weight is 399 g/mol. The van der Waals surface area contributed by atoms with Crippen LogP contribution in [0.2, 0.25) is 0 Å². The molecular weight excluding hydrogens is 374 g/mol. The molecule has 9 nitrogen and oxygen atoms in total. The summed E-state index contributed by atoms with van der Waals surface area (Å²) in [6.07, 6.45) is 1.33. The number of guanidine groups is 1. The third-order valence-corrected chi connectivity index (χ3v) is 5.38. The molecule has 3 heterocycles. The molecule has 154 valence electrons. The molecule has 0 spiro atoms. The van der Waals surface area contributed by atoms with Crippen molar-refractivity contribution in [2.45, 2.75) is 26.1 Å². The van der Waals surface area contributed by atoms with Crippen molar-refractivity contribution in [3.63, 3.8) is 0 Å². The maximum atomic E-state index is 13.2. The fourth-order valence-corrected chi connectivity index (χ4v) is 3.97. The number of para-hydroxylation sites is 2. The standard InChI is InChI=1S/C20H25N5O4/c1-5-29-11-10-23-18(26)16-17(22(3)20(23)27)21-19-24(16)12-13(2)25(19)14-8-6-7-9-15(14)28-4/h6-9,12,16-17H,5,10-11H2,1-4H3. The quantitative estimate of drug-likeness (QED) is 0.678. The van der Waals surface area contributed by atoms with E-state index < -0.39 is 12.2 Å². The Balaban J connectivity index is 1.67. The molecular formula is C20H25N5O4. The van der Waals surface area contributed by atoms with Crippen LogP contribution in [-0.4, -0.2) is 78.7 Å². The molecule has 9 heteroatoms. The highest BCUT2D eigenvalue weighted by molar-refractivity contribution is 6.10. The van der Waals surface area contributed by atoms with Crippen LogP contribution in [0.4, 0.5) is 10.5 Å². The first kappa shape index (κ1) is 19.3. The van der Waals surface area contributed by atoms with E-state index in [1.807, 2.05) is 54.1 Å². The van der Waals surface area contributed by atoms with Gasteiger partial charge in [-0.25, -0.2) is 9.79 Å². The summed E-state index contributed by atoms with van der Waals surface area (Å²) in [7, 11) is 3.30. The molecule has 1 aromatic carbocycles. The highest BCUT2D eigenvalue weighted by Gasteiger charge is 2.54. The van der Waals surface area contributed by atoms with Crippen LogP contribution in [0, 0.1) is 0 Å². The molecule has 0 N–H and O–H groups in total. The number of anilines is 1. The van der Waals surface area contributed by atoms with Gasteiger partial charge in [-0.3, -0.25) is 14.6 Å². The summed E-state index contributed by atoms with van der Waals surface area (Å²) < 4.78 is 10.9. The van der Waals surface area contributed by atoms with Gasteiger partial charge in [-0.05, 0) is 26.0 Å². The van der Waals surface area contributed by atoms with Gasteiger partial charge in [0.15, 0.2) is 12.2 Å². The number of rotatable bonds is 6. The number of urea groups is 1. The van der Waals surface area contributed by atoms with Crippen molar-refractivity contribution in [2.75, 3.05) is 38.8 Å². The second-order valence-electron chi connectivity index (χ2n) is 7.05. The molecule has 2 atom stereocenters. The molecule has 0 bridgehead atoms. The monoisotopic (exact) mass is 399 g/mol. The van der Waals surface area contributed by atoms with E-state index in [4.69, 9.17) is 14.5 Å². The maximum absolute atomic E-state index is 13.2. The molecule has 0 radical (unpaired) electrons. The lowest BCUT2D eigenvalue weighted by molar-refractivity contribution is -0.137. The minimum absolute atomic E-state index is 0.223. The number of aliphatic imine (C=N–C) groups is 1. The van der Waals surface area contributed by atoms with Crippen LogP contribution >= 0.6 is 0 Å². The van der Waals surface area contributed by atoms with Crippen molar-refractivity contribution in [2.24, 2.45) is 4.99 Å². The van der Waals surface area contributed by atoms with Crippen molar-refractivity contribution in [1.82, 2.24) is 14.7 Å². The summed E-state index contributed by atoms with van der Waals surface area (Å²) in [6, 6.07) is 6.69. The van der Waals surface area contributed by atoms with Gasteiger partial charge >= 0.3 is 6.03 Å². The van der Waals surface area contributed by atoms with Gasteiger partial charge in [0.1, 0.15) is 5.75 Å². The number of likely N-dealkylation sites (N-methyl/N-ethyl adjacent to an activating group) is 1. The van der Waals surface area contributed by atoms with Gasteiger partial charge in [-0.15, -0.1) is 0 Å². The van der Waals surface area contributed by atoms with Crippen molar-refractivity contribution in [1.29, 1.82) is 0 Å². The molecule has 1 saturated heterocycles. The molecule has 0 aromatic heterocycles. The predicted molar refractivity (Wildman–Crippen MR) is 107 cm³/mol. The number of carbonyl (C=O) groups excluding carboxylic acids is 2. The van der Waals surface area contributed by atoms with Crippen LogP contribution in [0.25, 0.3) is 0 Å². The fraction of sp³-hybridized carbons (Fsp3) is 0.450. The molecule has 3 aliphatic heterocycles. The Morgan fingerprint density at radius 3 is 2.69 bits per heavy atom. The van der Waals surface area contributed by atoms with Crippen molar-refractivity contribution < 1.29 is 19.1 Å². The topological polar surface area (TPSA) is 77.9 Å². The number of hydrogen-bond acceptors (Lipinski definition) is 7. The Morgan fingerprint density at radius 2 is 1.97 bits per heavy atom. The largest absolute Gasteiger partial charge is 0.495 e. The lowest BCUT2D eigenvalue weighted by Gasteiger charge is -2.40. The lowest BCUT2D eigenvalue weighted by Crippen LogP contribution is -2.64. The number of fused-ring (bicyclic) bond motifs is 3. The summed E-state index contributed by atoms with van der Waals surface area (Å²) in [5.74, 6) is 1.05. The van der Waals surface area contributed by atoms with Gasteiger partial charge in [-0.2, -0.15) is 0 Å². The van der Waals surface area contributed by atoms with E-state index in [9.17, 15) is 9.59 Å². The number of allylic oxidation sites excluding steroid dienone is 1. The van der Waals surface area contributed by atoms with Gasteiger partial charge in [0.05, 0.1) is 25.9 Å². The minimum atomic E-state index is -0.594. The van der Waals surface area contributed by atoms with E-state index in [-0.39, 0.29) is 18.5 Å². The lowest BCUT2D eigenvalue weighted by atomic mass is 10.1. The molecule has 2 unspecified atom stereocenters. The Hall–Kier alpha value is -3.07. The maximum Gasteiger partial charge on any atom is 0.328 e. The van der Waals surface area contributed by atoms with Crippen LogP contribution in [0.5, 0.6) is 5.75 Å². The zero-order valence-corrected chi connectivity index (χ0v) is 17.0. The van der Waals surface area contributed by atoms with E-state index >= 15 is 0 Å². The summed E-state index contributed by atoms with van der Waals surface area (Å²) in [5.41, 5.74) is 1.75. The van der Waals surface area contributed by atoms with Crippen molar-refractivity contribution >= 4 is 23.6 Å². The first-order valence-electron chi connectivity index (χ1n) is 9.63. The Bertz CT molecular complexity index is 899. The second-order valence-corrected chi connectivity index (χ2v) is 7.05. The van der Waals surface area contributed by atoms with E-state index in [2.05, 4.69) is 0 Å². The van der Waals surface area contributed by atoms with Crippen LogP contribution in [0.15, 0.2) is 41.2 Å². The van der Waals surface area contributed by atoms with E-state index in [0.29, 0.717) is 24.9 Å². The third kappa shape index (κ3) is 2.93. The van der Waals surface area contributed by atoms with Crippen molar-refractivity contribution in [3.8, 4) is 5.75 Å². The highest BCUT2D eigenvalue weighted by atomic mass is 16.5. The Kier molecular flexibility index (Phi) is 4.91. The predicted octanol–water partition coefficient (Wildman–Crippen LogP) is 1.67. The summed E-state index contributed by atoms with van der Waals surface area (Å²) in [6.45, 7) is 4.91. The van der Waals surface area contributed by atoms with E-state index in [1.54, 1.807) is 14.2 Å². The summed E-state index contributed by atoms with van der Waals surface area (Å²) in [4.78, 5) is 37.3. The normalized spacial score (nSPS) is 23.3. The number of imide groups is 1. The summed E-state index contributed by atoms with van der Waals surface area (Å²) in [5, 5.41) is 0. The molecule has 1 fully saturated rings. The van der Waals surface area contributed by atoms with Crippen LogP contribution in [0.3, 0.4) is 0 Å². The molecule has 1 aromatic rings. The van der Waals surface area contributed by atoms with Crippen LogP contribution in [0.1, 0.15) is 13.8 Å². The number of hydrogen-bond donors (Lipinski definition) is 0. The van der Waals surface area contributed by atoms with Gasteiger partial charge in [0.2, 0.25) is 5.96 Å². The van der Waals surface area contributed by atoms with Gasteiger partial charge < -0.3 is 19.3 Å². The third-order valence-electron chi connectivity index (χ3n) is 5.38. The number of nitrogens with zero attached hydrogens (tertiary/aromatic N) is 5. The SMILES string of the molecule is CCOCCN1C(=O)C2C(N=C3N(c4ccccc4OC)C(C)=CN32)N(C)C1=O. The molecule has 0 saturated carbocycles. The van der Waals surface area contributed by atoms with Crippen LogP contribution < -0.4 is 9.64 Å². The first-order chi connectivity index (χ1) is 14.0. The molecule has 3 aliphatic rings. The van der Waals surface area contributed by atoms with Crippen molar-refractivity contribution in [3.05, 3.63) is 36.2 Å². The Morgan fingerprint density at radius 1 is 1.21 bits per heavy atom. The zero-order chi connectivity index (χ0) is 20.7. The average Bonchev–Trinajstić information content (AvgIpc) is 3.23. The second kappa shape index (κ2) is 7.40. The number of ether oxygens (including phenoxy) is 2. The number of amides is 3. The number of methoxy groups -OCH3 is 1. The smallest absolute Gasteiger partial charge is 0.328 e. The van der Waals surface area contributed by atoms with Crippen LogP contribution in [-0.2, 0) is 9.53 Å². The first-order valence-corrected chi connectivity index (χ1v) is 9.63. The number of carbonyl (C=O) groups is 2. The van der Waals surface area contributed by atoms with Gasteiger partial charge in [-0.1, -0.05) is 12.1 Å².